The quantitative estimate of drug-likeness (QED) is 0.877. The molecule has 0 radical (unpaired) electrons. The Labute approximate surface area is 111 Å². The molecule has 1 aliphatic heterocycles. The van der Waals surface area contributed by atoms with E-state index in [0.717, 1.165) is 18.7 Å². The highest BCUT2D eigenvalue weighted by atomic mass is 16.3. The van der Waals surface area contributed by atoms with E-state index in [9.17, 15) is 4.79 Å². The summed E-state index contributed by atoms with van der Waals surface area (Å²) in [6.45, 7) is 1.18. The van der Waals surface area contributed by atoms with E-state index >= 15 is 0 Å². The Balaban J connectivity index is 1.60. The van der Waals surface area contributed by atoms with Crippen molar-refractivity contribution in [3.05, 3.63) is 59.5 Å². The molecule has 0 fully saturated rings. The predicted octanol–water partition coefficient (Wildman–Crippen LogP) is 1.61. The monoisotopic (exact) mass is 256 g/mol. The number of carbonyl (C=O) groups is 1. The lowest BCUT2D eigenvalue weighted by atomic mass is 9.95. The Morgan fingerprint density at radius 2 is 2.11 bits per heavy atom. The molecular weight excluding hydrogens is 240 g/mol. The van der Waals surface area contributed by atoms with Crippen LogP contribution in [0, 0.1) is 0 Å². The number of amides is 1. The van der Waals surface area contributed by atoms with Crippen LogP contribution < -0.4 is 10.6 Å². The second-order valence-electron chi connectivity index (χ2n) is 4.70. The maximum atomic E-state index is 12.1. The van der Waals surface area contributed by atoms with Crippen molar-refractivity contribution in [2.45, 2.75) is 25.6 Å². The molecule has 19 heavy (non-hydrogen) atoms. The van der Waals surface area contributed by atoms with Gasteiger partial charge in [0.1, 0.15) is 5.76 Å². The highest BCUT2D eigenvalue weighted by Gasteiger charge is 2.23. The minimum Gasteiger partial charge on any atom is -0.467 e. The minimum atomic E-state index is -0.162. The van der Waals surface area contributed by atoms with Crippen LogP contribution in [0.25, 0.3) is 0 Å². The summed E-state index contributed by atoms with van der Waals surface area (Å²) in [6, 6.07) is 11.7. The fourth-order valence-corrected chi connectivity index (χ4v) is 2.35. The van der Waals surface area contributed by atoms with E-state index in [4.69, 9.17) is 4.42 Å². The molecule has 0 spiro atoms. The number of carbonyl (C=O) groups excluding carboxylic acids is 1. The molecule has 1 amide bonds. The molecular formula is C15H16N2O2. The molecule has 98 valence electrons. The molecule has 1 aliphatic rings. The number of hydrogen-bond acceptors (Lipinski definition) is 3. The summed E-state index contributed by atoms with van der Waals surface area (Å²) < 4.78 is 5.19. The van der Waals surface area contributed by atoms with Crippen molar-refractivity contribution in [2.24, 2.45) is 0 Å². The number of rotatable bonds is 3. The van der Waals surface area contributed by atoms with Gasteiger partial charge < -0.3 is 15.1 Å². The Kier molecular flexibility index (Phi) is 3.33. The summed E-state index contributed by atoms with van der Waals surface area (Å²) in [4.78, 5) is 12.1. The summed E-state index contributed by atoms with van der Waals surface area (Å²) in [6.07, 6.45) is 2.34. The van der Waals surface area contributed by atoms with E-state index in [1.807, 2.05) is 24.3 Å². The van der Waals surface area contributed by atoms with Crippen molar-refractivity contribution in [3.63, 3.8) is 0 Å². The molecule has 1 aromatic carbocycles. The summed E-state index contributed by atoms with van der Waals surface area (Å²) in [5.74, 6) is 0.787. The van der Waals surface area contributed by atoms with E-state index in [-0.39, 0.29) is 11.9 Å². The SMILES string of the molecule is O=C(NCc1ccco1)[C@H]1Cc2ccccc2CN1. The topological polar surface area (TPSA) is 54.3 Å². The number of nitrogens with one attached hydrogen (secondary N) is 2. The van der Waals surface area contributed by atoms with Gasteiger partial charge in [-0.15, -0.1) is 0 Å². The first-order chi connectivity index (χ1) is 9.33. The molecule has 0 saturated heterocycles. The lowest BCUT2D eigenvalue weighted by molar-refractivity contribution is -0.123. The van der Waals surface area contributed by atoms with Crippen molar-refractivity contribution in [3.8, 4) is 0 Å². The second kappa shape index (κ2) is 5.28. The molecule has 2 N–H and O–H groups in total. The third kappa shape index (κ3) is 2.69. The van der Waals surface area contributed by atoms with Gasteiger partial charge in [-0.25, -0.2) is 0 Å². The first-order valence-corrected chi connectivity index (χ1v) is 6.43. The zero-order valence-corrected chi connectivity index (χ0v) is 10.6. The first-order valence-electron chi connectivity index (χ1n) is 6.43. The average molecular weight is 256 g/mol. The van der Waals surface area contributed by atoms with Crippen LogP contribution in [-0.2, 0) is 24.3 Å². The van der Waals surface area contributed by atoms with Crippen LogP contribution in [0.1, 0.15) is 16.9 Å². The van der Waals surface area contributed by atoms with E-state index in [0.29, 0.717) is 6.54 Å². The molecule has 4 heteroatoms. The molecule has 2 aromatic rings. The second-order valence-corrected chi connectivity index (χ2v) is 4.70. The normalized spacial score (nSPS) is 17.8. The molecule has 0 aliphatic carbocycles. The van der Waals surface area contributed by atoms with Gasteiger partial charge in [-0.05, 0) is 29.7 Å². The van der Waals surface area contributed by atoms with Crippen LogP contribution in [0.3, 0.4) is 0 Å². The summed E-state index contributed by atoms with van der Waals surface area (Å²) in [5, 5.41) is 6.15. The maximum absolute atomic E-state index is 12.1. The fraction of sp³-hybridized carbons (Fsp3) is 0.267. The Hall–Kier alpha value is -2.07. The van der Waals surface area contributed by atoms with Crippen LogP contribution in [-0.4, -0.2) is 11.9 Å². The van der Waals surface area contributed by atoms with Gasteiger partial charge in [-0.2, -0.15) is 0 Å². The lowest BCUT2D eigenvalue weighted by Gasteiger charge is -2.25. The predicted molar refractivity (Wildman–Crippen MR) is 71.3 cm³/mol. The first kappa shape index (κ1) is 12.0. The van der Waals surface area contributed by atoms with Crippen molar-refractivity contribution >= 4 is 5.91 Å². The highest BCUT2D eigenvalue weighted by molar-refractivity contribution is 5.82. The van der Waals surface area contributed by atoms with Crippen LogP contribution in [0.2, 0.25) is 0 Å². The van der Waals surface area contributed by atoms with E-state index in [1.165, 1.54) is 11.1 Å². The molecule has 1 atom stereocenters. The summed E-state index contributed by atoms with van der Waals surface area (Å²) in [5.41, 5.74) is 2.52. The van der Waals surface area contributed by atoms with Crippen LogP contribution in [0.5, 0.6) is 0 Å². The zero-order chi connectivity index (χ0) is 13.1. The molecule has 2 heterocycles. The number of fused-ring (bicyclic) bond motifs is 1. The number of furan rings is 1. The third-order valence-corrected chi connectivity index (χ3v) is 3.41. The van der Waals surface area contributed by atoms with Crippen molar-refractivity contribution in [1.29, 1.82) is 0 Å². The van der Waals surface area contributed by atoms with Crippen LogP contribution in [0.15, 0.2) is 47.1 Å². The zero-order valence-electron chi connectivity index (χ0n) is 10.6. The number of benzene rings is 1. The van der Waals surface area contributed by atoms with Crippen LogP contribution in [0.4, 0.5) is 0 Å². The Morgan fingerprint density at radius 1 is 1.26 bits per heavy atom. The van der Waals surface area contributed by atoms with Gasteiger partial charge in [0.2, 0.25) is 5.91 Å². The van der Waals surface area contributed by atoms with Gasteiger partial charge in [0.25, 0.3) is 0 Å². The molecule has 0 saturated carbocycles. The van der Waals surface area contributed by atoms with Gasteiger partial charge in [0.15, 0.2) is 0 Å². The lowest BCUT2D eigenvalue weighted by Crippen LogP contribution is -2.47. The van der Waals surface area contributed by atoms with Gasteiger partial charge in [-0.1, -0.05) is 24.3 Å². The largest absolute Gasteiger partial charge is 0.467 e. The van der Waals surface area contributed by atoms with Gasteiger partial charge >= 0.3 is 0 Å². The highest BCUT2D eigenvalue weighted by Crippen LogP contribution is 2.16. The third-order valence-electron chi connectivity index (χ3n) is 3.41. The van der Waals surface area contributed by atoms with Crippen molar-refractivity contribution in [2.75, 3.05) is 0 Å². The van der Waals surface area contributed by atoms with E-state index in [1.54, 1.807) is 6.26 Å². The molecule has 1 aromatic heterocycles. The molecule has 4 nitrogen and oxygen atoms in total. The van der Waals surface area contributed by atoms with Crippen LogP contribution >= 0.6 is 0 Å². The van der Waals surface area contributed by atoms with Crippen molar-refractivity contribution in [1.82, 2.24) is 10.6 Å². The van der Waals surface area contributed by atoms with Crippen molar-refractivity contribution < 1.29 is 9.21 Å². The molecule has 0 bridgehead atoms. The molecule has 0 unspecified atom stereocenters. The fourth-order valence-electron chi connectivity index (χ4n) is 2.35. The van der Waals surface area contributed by atoms with Gasteiger partial charge in [0.05, 0.1) is 18.8 Å². The van der Waals surface area contributed by atoms with E-state index < -0.39 is 0 Å². The summed E-state index contributed by atoms with van der Waals surface area (Å²) >= 11 is 0. The standard InChI is InChI=1S/C15H16N2O2/c18-15(17-10-13-6-3-7-19-13)14-8-11-4-1-2-5-12(11)9-16-14/h1-7,14,16H,8-10H2,(H,17,18)/t14-/m1/s1. The van der Waals surface area contributed by atoms with Gasteiger partial charge in [-0.3, -0.25) is 4.79 Å². The summed E-state index contributed by atoms with van der Waals surface area (Å²) in [7, 11) is 0. The van der Waals surface area contributed by atoms with E-state index in [2.05, 4.69) is 22.8 Å². The Bertz CT molecular complexity index is 563. The minimum absolute atomic E-state index is 0.0194. The molecule has 3 rings (SSSR count). The maximum Gasteiger partial charge on any atom is 0.237 e. The average Bonchev–Trinajstić information content (AvgIpc) is 2.97. The Morgan fingerprint density at radius 3 is 2.89 bits per heavy atom. The van der Waals surface area contributed by atoms with Gasteiger partial charge in [0, 0.05) is 6.54 Å². The number of hydrogen-bond donors (Lipinski definition) is 2. The smallest absolute Gasteiger partial charge is 0.237 e.